The summed E-state index contributed by atoms with van der Waals surface area (Å²) in [5, 5.41) is 3.91. The van der Waals surface area contributed by atoms with Crippen LogP contribution in [0.25, 0.3) is 0 Å². The summed E-state index contributed by atoms with van der Waals surface area (Å²) in [6, 6.07) is 15.5. The predicted octanol–water partition coefficient (Wildman–Crippen LogP) is 4.50. The Morgan fingerprint density at radius 1 is 1.18 bits per heavy atom. The lowest BCUT2D eigenvalue weighted by molar-refractivity contribution is -0.118. The van der Waals surface area contributed by atoms with Crippen LogP contribution in [0.5, 0.6) is 0 Å². The highest BCUT2D eigenvalue weighted by Gasteiger charge is 2.13. The van der Waals surface area contributed by atoms with Crippen LogP contribution in [0, 0.1) is 6.92 Å². The van der Waals surface area contributed by atoms with E-state index in [4.69, 9.17) is 11.6 Å². The first-order chi connectivity index (χ1) is 10.6. The fraction of sp³-hybridized carbons (Fsp3) is 0.278. The minimum absolute atomic E-state index is 0.114. The molecule has 3 nitrogen and oxygen atoms in total. The van der Waals surface area contributed by atoms with Gasteiger partial charge >= 0.3 is 0 Å². The van der Waals surface area contributed by atoms with Crippen molar-refractivity contribution < 1.29 is 4.79 Å². The van der Waals surface area contributed by atoms with Gasteiger partial charge in [-0.3, -0.25) is 4.79 Å². The molecule has 0 aliphatic rings. The first-order valence-corrected chi connectivity index (χ1v) is 7.84. The number of benzene rings is 2. The van der Waals surface area contributed by atoms with Crippen LogP contribution in [0.2, 0.25) is 5.02 Å². The zero-order valence-corrected chi connectivity index (χ0v) is 13.7. The van der Waals surface area contributed by atoms with Crippen molar-refractivity contribution in [3.8, 4) is 0 Å². The minimum Gasteiger partial charge on any atom is -0.384 e. The molecule has 2 rings (SSSR count). The van der Waals surface area contributed by atoms with Crippen molar-refractivity contribution in [1.29, 1.82) is 0 Å². The number of anilines is 2. The number of hydrogen-bond acceptors (Lipinski definition) is 2. The number of carbonyl (C=O) groups is 1. The van der Waals surface area contributed by atoms with E-state index in [1.54, 1.807) is 0 Å². The molecule has 0 saturated heterocycles. The lowest BCUT2D eigenvalue weighted by Gasteiger charge is -2.21. The van der Waals surface area contributed by atoms with Crippen LogP contribution >= 0.6 is 11.6 Å². The van der Waals surface area contributed by atoms with E-state index in [-0.39, 0.29) is 5.91 Å². The van der Waals surface area contributed by atoms with Gasteiger partial charge in [-0.2, -0.15) is 0 Å². The van der Waals surface area contributed by atoms with Crippen LogP contribution in [-0.4, -0.2) is 19.0 Å². The predicted molar refractivity (Wildman–Crippen MR) is 93.8 cm³/mol. The zero-order valence-electron chi connectivity index (χ0n) is 13.0. The summed E-state index contributed by atoms with van der Waals surface area (Å²) in [5.41, 5.74) is 3.04. The lowest BCUT2D eigenvalue weighted by atomic mass is 10.2. The number of rotatable bonds is 6. The molecular formula is C18H21ClN2O. The van der Waals surface area contributed by atoms with E-state index in [1.807, 2.05) is 67.3 Å². The Hall–Kier alpha value is -2.00. The molecule has 1 N–H and O–H groups in total. The highest BCUT2D eigenvalue weighted by atomic mass is 35.5. The highest BCUT2D eigenvalue weighted by molar-refractivity contribution is 6.30. The number of hydrogen-bond donors (Lipinski definition) is 1. The molecule has 0 bridgehead atoms. The Morgan fingerprint density at radius 2 is 1.95 bits per heavy atom. The van der Waals surface area contributed by atoms with Crippen molar-refractivity contribution in [2.45, 2.75) is 20.3 Å². The van der Waals surface area contributed by atoms with Crippen molar-refractivity contribution >= 4 is 28.9 Å². The number of amides is 1. The maximum absolute atomic E-state index is 12.4. The maximum Gasteiger partial charge on any atom is 0.228 e. The Kier molecular flexibility index (Phi) is 5.84. The molecule has 0 radical (unpaired) electrons. The average molecular weight is 317 g/mol. The van der Waals surface area contributed by atoms with E-state index in [0.29, 0.717) is 24.5 Å². The Balaban J connectivity index is 1.92. The second-order valence-corrected chi connectivity index (χ2v) is 5.60. The molecule has 0 heterocycles. The molecule has 0 spiro atoms. The second-order valence-electron chi connectivity index (χ2n) is 5.16. The highest BCUT2D eigenvalue weighted by Crippen LogP contribution is 2.17. The van der Waals surface area contributed by atoms with Gasteiger partial charge in [-0.1, -0.05) is 29.8 Å². The molecule has 0 aliphatic carbocycles. The lowest BCUT2D eigenvalue weighted by Crippen LogP contribution is -2.31. The molecule has 0 aliphatic heterocycles. The van der Waals surface area contributed by atoms with E-state index < -0.39 is 0 Å². The molecule has 4 heteroatoms. The summed E-state index contributed by atoms with van der Waals surface area (Å²) in [6.45, 7) is 5.27. The van der Waals surface area contributed by atoms with Gasteiger partial charge in [-0.15, -0.1) is 0 Å². The molecule has 1 amide bonds. The smallest absolute Gasteiger partial charge is 0.228 e. The second kappa shape index (κ2) is 7.85. The summed E-state index contributed by atoms with van der Waals surface area (Å²) >= 11 is 5.94. The molecule has 0 fully saturated rings. The Morgan fingerprint density at radius 3 is 2.64 bits per heavy atom. The molecule has 2 aromatic rings. The van der Waals surface area contributed by atoms with Crippen LogP contribution in [0.4, 0.5) is 11.4 Å². The van der Waals surface area contributed by atoms with E-state index in [2.05, 4.69) is 5.32 Å². The molecule has 2 aromatic carbocycles. The fourth-order valence-electron chi connectivity index (χ4n) is 2.35. The third kappa shape index (κ3) is 4.50. The van der Waals surface area contributed by atoms with Crippen LogP contribution in [0.15, 0.2) is 48.5 Å². The summed E-state index contributed by atoms with van der Waals surface area (Å²) in [5.74, 6) is 0.114. The number of nitrogens with one attached hydrogen (secondary N) is 1. The Bertz CT molecular complexity index is 642. The van der Waals surface area contributed by atoms with Gasteiger partial charge in [0.2, 0.25) is 5.91 Å². The quantitative estimate of drug-likeness (QED) is 0.850. The van der Waals surface area contributed by atoms with Gasteiger partial charge < -0.3 is 10.2 Å². The topological polar surface area (TPSA) is 32.3 Å². The summed E-state index contributed by atoms with van der Waals surface area (Å²) in [7, 11) is 0. The van der Waals surface area contributed by atoms with E-state index >= 15 is 0 Å². The van der Waals surface area contributed by atoms with Gasteiger partial charge in [-0.05, 0) is 49.7 Å². The standard InChI is InChI=1S/C18H21ClN2O/c1-3-21(17-9-4-6-14(2)12-17)18(22)10-11-20-16-8-5-7-15(19)13-16/h4-9,12-13,20H,3,10-11H2,1-2H3. The molecule has 22 heavy (non-hydrogen) atoms. The van der Waals surface area contributed by atoms with Crippen molar-refractivity contribution in [1.82, 2.24) is 0 Å². The SMILES string of the molecule is CCN(C(=O)CCNc1cccc(Cl)c1)c1cccc(C)c1. The number of nitrogens with zero attached hydrogens (tertiary/aromatic N) is 1. The molecule has 0 atom stereocenters. The molecule has 0 saturated carbocycles. The fourth-order valence-corrected chi connectivity index (χ4v) is 2.54. The summed E-state index contributed by atoms with van der Waals surface area (Å²) in [4.78, 5) is 14.2. The largest absolute Gasteiger partial charge is 0.384 e. The van der Waals surface area contributed by atoms with Gasteiger partial charge in [0.05, 0.1) is 0 Å². The van der Waals surface area contributed by atoms with Gasteiger partial charge in [0.25, 0.3) is 0 Å². The molecule has 0 unspecified atom stereocenters. The van der Waals surface area contributed by atoms with E-state index in [1.165, 1.54) is 0 Å². The van der Waals surface area contributed by atoms with Crippen LogP contribution in [-0.2, 0) is 4.79 Å². The van der Waals surface area contributed by atoms with Gasteiger partial charge in [-0.25, -0.2) is 0 Å². The third-order valence-corrected chi connectivity index (χ3v) is 3.66. The normalized spacial score (nSPS) is 10.3. The molecule has 0 aromatic heterocycles. The summed E-state index contributed by atoms with van der Waals surface area (Å²) < 4.78 is 0. The number of carbonyl (C=O) groups excluding carboxylic acids is 1. The van der Waals surface area contributed by atoms with Crippen LogP contribution in [0.3, 0.4) is 0 Å². The number of halogens is 1. The van der Waals surface area contributed by atoms with Gasteiger partial charge in [0.1, 0.15) is 0 Å². The first kappa shape index (κ1) is 16.4. The Labute approximate surface area is 136 Å². The molecular weight excluding hydrogens is 296 g/mol. The van der Waals surface area contributed by atoms with Crippen molar-refractivity contribution in [3.05, 3.63) is 59.1 Å². The monoisotopic (exact) mass is 316 g/mol. The van der Waals surface area contributed by atoms with Crippen molar-refractivity contribution in [2.75, 3.05) is 23.3 Å². The summed E-state index contributed by atoms with van der Waals surface area (Å²) in [6.07, 6.45) is 0.439. The third-order valence-electron chi connectivity index (χ3n) is 3.42. The van der Waals surface area contributed by atoms with E-state index in [0.717, 1.165) is 16.9 Å². The molecule has 116 valence electrons. The van der Waals surface area contributed by atoms with Crippen LogP contribution < -0.4 is 10.2 Å². The van der Waals surface area contributed by atoms with Crippen LogP contribution in [0.1, 0.15) is 18.9 Å². The first-order valence-electron chi connectivity index (χ1n) is 7.46. The van der Waals surface area contributed by atoms with Gasteiger partial charge in [0.15, 0.2) is 0 Å². The van der Waals surface area contributed by atoms with Gasteiger partial charge in [0, 0.05) is 35.9 Å². The number of aryl methyl sites for hydroxylation is 1. The van der Waals surface area contributed by atoms with Crippen molar-refractivity contribution in [3.63, 3.8) is 0 Å². The minimum atomic E-state index is 0.114. The maximum atomic E-state index is 12.4. The average Bonchev–Trinajstić information content (AvgIpc) is 2.48. The van der Waals surface area contributed by atoms with Crippen molar-refractivity contribution in [2.24, 2.45) is 0 Å². The zero-order chi connectivity index (χ0) is 15.9. The van der Waals surface area contributed by atoms with E-state index in [9.17, 15) is 4.79 Å².